The van der Waals surface area contributed by atoms with Crippen molar-refractivity contribution < 1.29 is 14.3 Å². The molecule has 0 saturated carbocycles. The molecule has 1 aliphatic rings. The number of thiophene rings is 1. The second-order valence-electron chi connectivity index (χ2n) is 5.75. The Bertz CT molecular complexity index is 876. The van der Waals surface area contributed by atoms with Crippen LogP contribution in [0.3, 0.4) is 0 Å². The van der Waals surface area contributed by atoms with E-state index >= 15 is 0 Å². The molecule has 0 aliphatic carbocycles. The SMILES string of the molecule is COC(=O)CC1=Nc2ccccc2N=C(SCC(=O)NCc2cccs2)C1. The molecular weight excluding hydrogens is 382 g/mol. The molecule has 3 rings (SSSR count). The van der Waals surface area contributed by atoms with Crippen molar-refractivity contribution in [3.8, 4) is 0 Å². The van der Waals surface area contributed by atoms with E-state index in [1.165, 1.54) is 18.9 Å². The molecule has 8 heteroatoms. The van der Waals surface area contributed by atoms with Gasteiger partial charge in [0.2, 0.25) is 5.91 Å². The van der Waals surface area contributed by atoms with E-state index in [9.17, 15) is 9.59 Å². The number of nitrogens with one attached hydrogen (secondary N) is 1. The number of carbonyl (C=O) groups excluding carboxylic acids is 2. The first kappa shape index (κ1) is 19.3. The van der Waals surface area contributed by atoms with Gasteiger partial charge in [-0.15, -0.1) is 23.1 Å². The number of carbonyl (C=O) groups is 2. The van der Waals surface area contributed by atoms with Gasteiger partial charge < -0.3 is 10.1 Å². The average molecular weight is 402 g/mol. The summed E-state index contributed by atoms with van der Waals surface area (Å²) in [6.45, 7) is 0.529. The third kappa shape index (κ3) is 5.77. The number of amides is 1. The lowest BCUT2D eigenvalue weighted by atomic mass is 10.2. The minimum absolute atomic E-state index is 0.0555. The summed E-state index contributed by atoms with van der Waals surface area (Å²) in [5.41, 5.74) is 2.13. The van der Waals surface area contributed by atoms with Gasteiger partial charge in [-0.3, -0.25) is 14.6 Å². The second-order valence-corrected chi connectivity index (χ2v) is 7.83. The zero-order valence-electron chi connectivity index (χ0n) is 14.8. The highest BCUT2D eigenvalue weighted by Crippen LogP contribution is 2.32. The Labute approximate surface area is 165 Å². The Morgan fingerprint density at radius 3 is 2.67 bits per heavy atom. The van der Waals surface area contributed by atoms with Crippen molar-refractivity contribution in [1.82, 2.24) is 5.32 Å². The van der Waals surface area contributed by atoms with Crippen LogP contribution in [0.4, 0.5) is 11.4 Å². The van der Waals surface area contributed by atoms with Crippen LogP contribution in [0, 0.1) is 0 Å². The molecule has 2 heterocycles. The van der Waals surface area contributed by atoms with Crippen LogP contribution in [0.1, 0.15) is 17.7 Å². The van der Waals surface area contributed by atoms with Gasteiger partial charge in [0.05, 0.1) is 42.2 Å². The van der Waals surface area contributed by atoms with Crippen molar-refractivity contribution in [2.45, 2.75) is 19.4 Å². The van der Waals surface area contributed by atoms with Crippen molar-refractivity contribution >= 4 is 57.1 Å². The smallest absolute Gasteiger partial charge is 0.311 e. The molecule has 1 aromatic carbocycles. The molecule has 0 unspecified atom stereocenters. The minimum atomic E-state index is -0.342. The third-order valence-corrected chi connectivity index (χ3v) is 5.60. The number of aliphatic imine (C=N–C) groups is 2. The molecule has 27 heavy (non-hydrogen) atoms. The van der Waals surface area contributed by atoms with Crippen LogP contribution in [0.2, 0.25) is 0 Å². The summed E-state index contributed by atoms with van der Waals surface area (Å²) >= 11 is 2.98. The monoisotopic (exact) mass is 401 g/mol. The van der Waals surface area contributed by atoms with E-state index in [2.05, 4.69) is 15.3 Å². The molecule has 140 valence electrons. The number of rotatable bonds is 6. The summed E-state index contributed by atoms with van der Waals surface area (Å²) in [5.74, 6) is -0.135. The molecule has 1 aliphatic heterocycles. The van der Waals surface area contributed by atoms with Gasteiger partial charge in [0.1, 0.15) is 0 Å². The van der Waals surface area contributed by atoms with Gasteiger partial charge in [-0.1, -0.05) is 18.2 Å². The zero-order chi connectivity index (χ0) is 19.1. The molecule has 2 aromatic rings. The van der Waals surface area contributed by atoms with Crippen molar-refractivity contribution in [3.63, 3.8) is 0 Å². The molecule has 1 amide bonds. The topological polar surface area (TPSA) is 80.1 Å². The van der Waals surface area contributed by atoms with E-state index < -0.39 is 0 Å². The Morgan fingerprint density at radius 1 is 1.19 bits per heavy atom. The predicted molar refractivity (Wildman–Crippen MR) is 111 cm³/mol. The maximum absolute atomic E-state index is 12.1. The maximum atomic E-state index is 12.1. The van der Waals surface area contributed by atoms with E-state index in [1.807, 2.05) is 41.8 Å². The lowest BCUT2D eigenvalue weighted by Gasteiger charge is -2.07. The minimum Gasteiger partial charge on any atom is -0.469 e. The van der Waals surface area contributed by atoms with Crippen LogP contribution in [0.15, 0.2) is 51.8 Å². The van der Waals surface area contributed by atoms with Gasteiger partial charge in [-0.2, -0.15) is 0 Å². The van der Waals surface area contributed by atoms with Gasteiger partial charge in [0.25, 0.3) is 0 Å². The fraction of sp³-hybridized carbons (Fsp3) is 0.263. The number of para-hydroxylation sites is 2. The third-order valence-electron chi connectivity index (χ3n) is 3.75. The Morgan fingerprint density at radius 2 is 1.96 bits per heavy atom. The number of ether oxygens (including phenoxy) is 1. The first-order valence-electron chi connectivity index (χ1n) is 8.36. The summed E-state index contributed by atoms with van der Waals surface area (Å²) in [7, 11) is 1.36. The van der Waals surface area contributed by atoms with Gasteiger partial charge in [-0.25, -0.2) is 4.99 Å². The fourth-order valence-corrected chi connectivity index (χ4v) is 3.91. The number of thioether (sulfide) groups is 1. The van der Waals surface area contributed by atoms with Gasteiger partial charge in [0, 0.05) is 17.0 Å². The van der Waals surface area contributed by atoms with Crippen molar-refractivity contribution in [2.75, 3.05) is 12.9 Å². The molecule has 0 fully saturated rings. The molecule has 1 aromatic heterocycles. The highest BCUT2D eigenvalue weighted by molar-refractivity contribution is 8.14. The standard InChI is InChI=1S/C19H19N3O3S2/c1-25-19(24)10-13-9-18(22-16-7-3-2-6-15(16)21-13)27-12-17(23)20-11-14-5-4-8-26-14/h2-8H,9-12H2,1H3,(H,20,23). The summed E-state index contributed by atoms with van der Waals surface area (Å²) < 4.78 is 4.75. The number of methoxy groups -OCH3 is 1. The van der Waals surface area contributed by atoms with E-state index in [0.29, 0.717) is 24.4 Å². The number of hydrogen-bond acceptors (Lipinski definition) is 7. The van der Waals surface area contributed by atoms with Gasteiger partial charge in [0.15, 0.2) is 0 Å². The van der Waals surface area contributed by atoms with E-state index in [4.69, 9.17) is 4.74 Å². The van der Waals surface area contributed by atoms with E-state index in [-0.39, 0.29) is 24.1 Å². The molecule has 0 saturated heterocycles. The average Bonchev–Trinajstić information content (AvgIpc) is 3.12. The summed E-state index contributed by atoms with van der Waals surface area (Å²) in [5, 5.41) is 5.64. The molecular formula is C19H19N3O3S2. The Kier molecular flexibility index (Phi) is 6.78. The molecule has 1 N–H and O–H groups in total. The lowest BCUT2D eigenvalue weighted by Crippen LogP contribution is -2.25. The highest BCUT2D eigenvalue weighted by atomic mass is 32.2. The quantitative estimate of drug-likeness (QED) is 0.745. The van der Waals surface area contributed by atoms with Crippen molar-refractivity contribution in [2.24, 2.45) is 9.98 Å². The number of benzene rings is 1. The summed E-state index contributed by atoms with van der Waals surface area (Å²) in [6.07, 6.45) is 0.529. The highest BCUT2D eigenvalue weighted by Gasteiger charge is 2.17. The normalized spacial score (nSPS) is 13.1. The van der Waals surface area contributed by atoms with Crippen LogP contribution in [0.25, 0.3) is 0 Å². The first-order chi connectivity index (χ1) is 13.1. The molecule has 0 bridgehead atoms. The van der Waals surface area contributed by atoms with Crippen LogP contribution in [0.5, 0.6) is 0 Å². The second kappa shape index (κ2) is 9.48. The largest absolute Gasteiger partial charge is 0.469 e. The zero-order valence-corrected chi connectivity index (χ0v) is 16.4. The van der Waals surface area contributed by atoms with E-state index in [0.717, 1.165) is 15.6 Å². The summed E-state index contributed by atoms with van der Waals surface area (Å²) in [4.78, 5) is 34.1. The lowest BCUT2D eigenvalue weighted by molar-refractivity contribution is -0.139. The number of hydrogen-bond donors (Lipinski definition) is 1. The number of fused-ring (bicyclic) bond motifs is 1. The van der Waals surface area contributed by atoms with E-state index in [1.54, 1.807) is 11.3 Å². The summed E-state index contributed by atoms with van der Waals surface area (Å²) in [6, 6.07) is 11.4. The fourth-order valence-electron chi connectivity index (χ4n) is 2.43. The Balaban J connectivity index is 1.65. The van der Waals surface area contributed by atoms with Crippen LogP contribution >= 0.6 is 23.1 Å². The molecule has 6 nitrogen and oxygen atoms in total. The van der Waals surface area contributed by atoms with Crippen LogP contribution in [-0.4, -0.2) is 35.5 Å². The van der Waals surface area contributed by atoms with Crippen molar-refractivity contribution in [1.29, 1.82) is 0 Å². The molecule has 0 spiro atoms. The predicted octanol–water partition coefficient (Wildman–Crippen LogP) is 3.87. The van der Waals surface area contributed by atoms with Crippen molar-refractivity contribution in [3.05, 3.63) is 46.7 Å². The molecule has 0 radical (unpaired) electrons. The number of nitrogens with zero attached hydrogens (tertiary/aromatic N) is 2. The van der Waals surface area contributed by atoms with Crippen LogP contribution in [-0.2, 0) is 20.9 Å². The van der Waals surface area contributed by atoms with Crippen LogP contribution < -0.4 is 5.32 Å². The Hall–Kier alpha value is -2.45. The molecule has 0 atom stereocenters. The first-order valence-corrected chi connectivity index (χ1v) is 10.2. The maximum Gasteiger partial charge on any atom is 0.311 e. The number of esters is 1. The van der Waals surface area contributed by atoms with Gasteiger partial charge >= 0.3 is 5.97 Å². The van der Waals surface area contributed by atoms with Gasteiger partial charge in [-0.05, 0) is 23.6 Å².